The number of aromatic nitrogens is 4. The van der Waals surface area contributed by atoms with Crippen LogP contribution in [0, 0.1) is 0 Å². The number of aliphatic hydroxyl groups is 1. The van der Waals surface area contributed by atoms with E-state index in [1.165, 1.54) is 0 Å². The Morgan fingerprint density at radius 1 is 1.15 bits per heavy atom. The van der Waals surface area contributed by atoms with Gasteiger partial charge in [0.1, 0.15) is 5.52 Å². The minimum absolute atomic E-state index is 0.0893. The molecule has 0 aliphatic rings. The van der Waals surface area contributed by atoms with E-state index >= 15 is 0 Å². The zero-order valence-electron chi connectivity index (χ0n) is 11.2. The Labute approximate surface area is 120 Å². The lowest BCUT2D eigenvalue weighted by atomic mass is 9.86. The molecule has 0 aromatic carbocycles. The van der Waals surface area contributed by atoms with Gasteiger partial charge in [-0.1, -0.05) is 19.9 Å². The van der Waals surface area contributed by atoms with Crippen LogP contribution in [0.1, 0.15) is 19.4 Å². The number of pyridine rings is 2. The number of aliphatic hydroxyl groups excluding tert-OH is 1. The third-order valence-electron chi connectivity index (χ3n) is 3.35. The summed E-state index contributed by atoms with van der Waals surface area (Å²) in [4.78, 5) is 8.72. The van der Waals surface area contributed by atoms with Gasteiger partial charge in [-0.25, -0.2) is 4.98 Å². The van der Waals surface area contributed by atoms with Crippen molar-refractivity contribution in [3.05, 3.63) is 36.2 Å². The number of fused-ring (bicyclic) bond motifs is 1. The molecule has 0 aliphatic carbocycles. The van der Waals surface area contributed by atoms with E-state index in [0.29, 0.717) is 5.65 Å². The summed E-state index contributed by atoms with van der Waals surface area (Å²) in [7, 11) is 0. The fourth-order valence-electron chi connectivity index (χ4n) is 1.88. The van der Waals surface area contributed by atoms with Gasteiger partial charge in [0, 0.05) is 23.4 Å². The molecule has 0 saturated carbocycles. The van der Waals surface area contributed by atoms with Crippen LogP contribution in [0.25, 0.3) is 22.4 Å². The Morgan fingerprint density at radius 3 is 2.70 bits per heavy atom. The quantitative estimate of drug-likeness (QED) is 0.800. The van der Waals surface area contributed by atoms with Crippen LogP contribution in [-0.2, 0) is 5.41 Å². The predicted octanol–water partition coefficient (Wildman–Crippen LogP) is 2.42. The third-order valence-corrected chi connectivity index (χ3v) is 3.88. The van der Waals surface area contributed by atoms with Gasteiger partial charge in [0.05, 0.1) is 24.0 Å². The van der Waals surface area contributed by atoms with E-state index in [9.17, 15) is 5.11 Å². The summed E-state index contributed by atoms with van der Waals surface area (Å²) in [6.45, 7) is 4.06. The summed E-state index contributed by atoms with van der Waals surface area (Å²) < 4.78 is 8.26. The molecule has 0 atom stereocenters. The zero-order valence-corrected chi connectivity index (χ0v) is 12.1. The molecule has 3 aromatic rings. The Morgan fingerprint density at radius 2 is 2.00 bits per heavy atom. The van der Waals surface area contributed by atoms with E-state index in [1.54, 1.807) is 12.4 Å². The highest BCUT2D eigenvalue weighted by atomic mass is 32.1. The summed E-state index contributed by atoms with van der Waals surface area (Å²) in [5.41, 5.74) is 3.93. The van der Waals surface area contributed by atoms with E-state index in [-0.39, 0.29) is 12.0 Å². The number of hydrogen-bond donors (Lipinski definition) is 1. The minimum atomic E-state index is -0.285. The van der Waals surface area contributed by atoms with Crippen molar-refractivity contribution < 1.29 is 5.11 Å². The van der Waals surface area contributed by atoms with Crippen LogP contribution in [0.15, 0.2) is 30.6 Å². The normalized spacial score (nSPS) is 11.9. The number of nitrogens with zero attached hydrogens (tertiary/aromatic N) is 4. The van der Waals surface area contributed by atoms with Gasteiger partial charge in [0.2, 0.25) is 0 Å². The van der Waals surface area contributed by atoms with Gasteiger partial charge in [-0.3, -0.25) is 4.98 Å². The fourth-order valence-corrected chi connectivity index (χ4v) is 2.36. The highest BCUT2D eigenvalue weighted by molar-refractivity contribution is 7.00. The molecule has 0 aliphatic heterocycles. The van der Waals surface area contributed by atoms with Crippen LogP contribution in [0.4, 0.5) is 0 Å². The molecule has 0 radical (unpaired) electrons. The molecule has 0 amide bonds. The topological polar surface area (TPSA) is 71.8 Å². The Balaban J connectivity index is 1.98. The van der Waals surface area contributed by atoms with Gasteiger partial charge in [-0.15, -0.1) is 0 Å². The average Bonchev–Trinajstić information content (AvgIpc) is 2.94. The van der Waals surface area contributed by atoms with Crippen molar-refractivity contribution in [1.82, 2.24) is 18.7 Å². The smallest absolute Gasteiger partial charge is 0.193 e. The standard InChI is InChI=1S/C14H14N4OS/c1-14(2,8-19)10-3-4-11(15-7-10)9-5-12-13(16-6-9)18-20-17-12/h3-7,19H,8H2,1-2H3. The first kappa shape index (κ1) is 13.1. The fraction of sp³-hybridized carbons (Fsp3) is 0.286. The summed E-state index contributed by atoms with van der Waals surface area (Å²) >= 11 is 1.15. The molecule has 0 saturated heterocycles. The van der Waals surface area contributed by atoms with Gasteiger partial charge < -0.3 is 5.11 Å². The van der Waals surface area contributed by atoms with Crippen LogP contribution in [0.3, 0.4) is 0 Å². The maximum atomic E-state index is 9.38. The largest absolute Gasteiger partial charge is 0.395 e. The summed E-state index contributed by atoms with van der Waals surface area (Å²) in [6, 6.07) is 5.86. The van der Waals surface area contributed by atoms with Crippen molar-refractivity contribution in [3.8, 4) is 11.3 Å². The van der Waals surface area contributed by atoms with Crippen LogP contribution < -0.4 is 0 Å². The molecule has 20 heavy (non-hydrogen) atoms. The lowest BCUT2D eigenvalue weighted by Crippen LogP contribution is -2.22. The second-order valence-corrected chi connectivity index (χ2v) is 5.83. The van der Waals surface area contributed by atoms with Crippen LogP contribution in [-0.4, -0.2) is 30.4 Å². The van der Waals surface area contributed by atoms with Gasteiger partial charge in [0.25, 0.3) is 0 Å². The van der Waals surface area contributed by atoms with E-state index in [2.05, 4.69) is 18.7 Å². The highest BCUT2D eigenvalue weighted by Gasteiger charge is 2.19. The molecule has 3 rings (SSSR count). The van der Waals surface area contributed by atoms with E-state index in [1.807, 2.05) is 32.0 Å². The second-order valence-electron chi connectivity index (χ2n) is 5.31. The Bertz CT molecular complexity index is 736. The van der Waals surface area contributed by atoms with Crippen LogP contribution >= 0.6 is 11.7 Å². The zero-order chi connectivity index (χ0) is 14.2. The summed E-state index contributed by atoms with van der Waals surface area (Å²) in [6.07, 6.45) is 3.55. The van der Waals surface area contributed by atoms with Crippen molar-refractivity contribution in [3.63, 3.8) is 0 Å². The molecule has 3 heterocycles. The van der Waals surface area contributed by atoms with Crippen molar-refractivity contribution in [2.24, 2.45) is 0 Å². The van der Waals surface area contributed by atoms with Gasteiger partial charge >= 0.3 is 0 Å². The first-order chi connectivity index (χ1) is 9.60. The van der Waals surface area contributed by atoms with Crippen molar-refractivity contribution in [2.45, 2.75) is 19.3 Å². The lowest BCUT2D eigenvalue weighted by molar-refractivity contribution is 0.218. The molecular formula is C14H14N4OS. The van der Waals surface area contributed by atoms with E-state index in [4.69, 9.17) is 0 Å². The van der Waals surface area contributed by atoms with Gasteiger partial charge in [-0.2, -0.15) is 8.75 Å². The highest BCUT2D eigenvalue weighted by Crippen LogP contribution is 2.25. The van der Waals surface area contributed by atoms with Gasteiger partial charge in [-0.05, 0) is 17.7 Å². The molecule has 0 bridgehead atoms. The Kier molecular flexibility index (Phi) is 3.19. The first-order valence-electron chi connectivity index (χ1n) is 6.26. The van der Waals surface area contributed by atoms with Crippen molar-refractivity contribution >= 4 is 22.9 Å². The second kappa shape index (κ2) is 4.88. The van der Waals surface area contributed by atoms with Crippen molar-refractivity contribution in [2.75, 3.05) is 6.61 Å². The van der Waals surface area contributed by atoms with E-state index < -0.39 is 0 Å². The van der Waals surface area contributed by atoms with Gasteiger partial charge in [0.15, 0.2) is 5.65 Å². The molecular weight excluding hydrogens is 272 g/mol. The van der Waals surface area contributed by atoms with Crippen LogP contribution in [0.2, 0.25) is 0 Å². The maximum Gasteiger partial charge on any atom is 0.193 e. The molecule has 102 valence electrons. The Hall–Kier alpha value is -1.92. The molecule has 5 nitrogen and oxygen atoms in total. The molecule has 3 aromatic heterocycles. The molecule has 0 fully saturated rings. The summed E-state index contributed by atoms with van der Waals surface area (Å²) in [5, 5.41) is 9.38. The maximum absolute atomic E-state index is 9.38. The monoisotopic (exact) mass is 286 g/mol. The predicted molar refractivity (Wildman–Crippen MR) is 78.6 cm³/mol. The first-order valence-corrected chi connectivity index (χ1v) is 6.99. The summed E-state index contributed by atoms with van der Waals surface area (Å²) in [5.74, 6) is 0. The number of hydrogen-bond acceptors (Lipinski definition) is 6. The van der Waals surface area contributed by atoms with Crippen LogP contribution in [0.5, 0.6) is 0 Å². The van der Waals surface area contributed by atoms with E-state index in [0.717, 1.165) is 34.1 Å². The molecule has 6 heteroatoms. The van der Waals surface area contributed by atoms with Crippen molar-refractivity contribution in [1.29, 1.82) is 0 Å². The molecule has 0 spiro atoms. The number of rotatable bonds is 3. The SMILES string of the molecule is CC(C)(CO)c1ccc(-c2cnc3nsnc3c2)nc1. The molecule has 1 N–H and O–H groups in total. The minimum Gasteiger partial charge on any atom is -0.395 e. The molecule has 0 unspecified atom stereocenters. The lowest BCUT2D eigenvalue weighted by Gasteiger charge is -2.21. The average molecular weight is 286 g/mol. The third kappa shape index (κ3) is 2.28.